The minimum Gasteiger partial charge on any atom is -0.492 e. The second kappa shape index (κ2) is 7.83. The number of carbonyl (C=O) groups excluding carboxylic acids is 1. The van der Waals surface area contributed by atoms with Crippen LogP contribution in [-0.4, -0.2) is 29.3 Å². The number of hydrogen-bond acceptors (Lipinski definition) is 7. The van der Waals surface area contributed by atoms with Gasteiger partial charge in [-0.1, -0.05) is 12.1 Å². The number of benzene rings is 2. The molecule has 3 aromatic rings. The Morgan fingerprint density at radius 1 is 1.11 bits per heavy atom. The lowest BCUT2D eigenvalue weighted by Crippen LogP contribution is -2.13. The Balaban J connectivity index is 1.43. The number of anilines is 3. The molecule has 0 atom stereocenters. The van der Waals surface area contributed by atoms with E-state index in [2.05, 4.69) is 20.6 Å². The molecule has 28 heavy (non-hydrogen) atoms. The normalized spacial score (nSPS) is 11.8. The Bertz CT molecular complexity index is 992. The first kappa shape index (κ1) is 17.6. The van der Waals surface area contributed by atoms with Crippen molar-refractivity contribution < 1.29 is 19.0 Å². The van der Waals surface area contributed by atoms with E-state index in [1.807, 2.05) is 31.2 Å². The minimum atomic E-state index is -0.319. The molecule has 0 fully saturated rings. The maximum atomic E-state index is 12.4. The van der Waals surface area contributed by atoms with Crippen LogP contribution in [0.1, 0.15) is 17.3 Å². The van der Waals surface area contributed by atoms with Crippen LogP contribution in [0.3, 0.4) is 0 Å². The predicted octanol–water partition coefficient (Wildman–Crippen LogP) is 3.60. The molecule has 0 bridgehead atoms. The van der Waals surface area contributed by atoms with E-state index in [-0.39, 0.29) is 12.7 Å². The molecule has 1 amide bonds. The minimum absolute atomic E-state index is 0.182. The van der Waals surface area contributed by atoms with Crippen LogP contribution in [0.4, 0.5) is 17.3 Å². The van der Waals surface area contributed by atoms with Gasteiger partial charge in [0.1, 0.15) is 5.75 Å². The van der Waals surface area contributed by atoms with Gasteiger partial charge in [-0.05, 0) is 31.2 Å². The van der Waals surface area contributed by atoms with Crippen molar-refractivity contribution in [2.24, 2.45) is 0 Å². The van der Waals surface area contributed by atoms with Gasteiger partial charge in [0, 0.05) is 24.1 Å². The third-order valence-electron chi connectivity index (χ3n) is 3.98. The summed E-state index contributed by atoms with van der Waals surface area (Å²) >= 11 is 0. The highest BCUT2D eigenvalue weighted by atomic mass is 16.7. The smallest absolute Gasteiger partial charge is 0.258 e. The van der Waals surface area contributed by atoms with Crippen LogP contribution in [-0.2, 0) is 0 Å². The summed E-state index contributed by atoms with van der Waals surface area (Å²) in [7, 11) is 0. The highest BCUT2D eigenvalue weighted by molar-refractivity contribution is 6.04. The van der Waals surface area contributed by atoms with Gasteiger partial charge in [-0.3, -0.25) is 4.79 Å². The summed E-state index contributed by atoms with van der Waals surface area (Å²) in [6.07, 6.45) is 2.92. The molecular formula is C20H18N4O4. The predicted molar refractivity (Wildman–Crippen MR) is 103 cm³/mol. The zero-order valence-corrected chi connectivity index (χ0v) is 15.1. The molecule has 142 valence electrons. The van der Waals surface area contributed by atoms with E-state index in [0.717, 1.165) is 5.69 Å². The molecule has 0 saturated carbocycles. The van der Waals surface area contributed by atoms with Gasteiger partial charge in [-0.2, -0.15) is 0 Å². The van der Waals surface area contributed by atoms with Gasteiger partial charge in [-0.15, -0.1) is 0 Å². The van der Waals surface area contributed by atoms with Crippen LogP contribution < -0.4 is 24.8 Å². The standard InChI is InChI=1S/C20H18N4O4/c1-2-26-16-6-4-3-5-15(16)24-20-21-10-13(11-22-20)19(25)23-14-7-8-17-18(9-14)28-12-27-17/h3-11H,2,12H2,1H3,(H,23,25)(H,21,22,24). The molecule has 4 rings (SSSR count). The fourth-order valence-electron chi connectivity index (χ4n) is 2.66. The number of para-hydroxylation sites is 2. The Hall–Kier alpha value is -3.81. The number of rotatable bonds is 6. The lowest BCUT2D eigenvalue weighted by Gasteiger charge is -2.11. The topological polar surface area (TPSA) is 94.6 Å². The van der Waals surface area contributed by atoms with Gasteiger partial charge >= 0.3 is 0 Å². The summed E-state index contributed by atoms with van der Waals surface area (Å²) in [5, 5.41) is 5.88. The molecule has 2 N–H and O–H groups in total. The quantitative estimate of drug-likeness (QED) is 0.677. The highest BCUT2D eigenvalue weighted by Crippen LogP contribution is 2.34. The molecule has 0 aliphatic carbocycles. The van der Waals surface area contributed by atoms with Crippen LogP contribution in [0, 0.1) is 0 Å². The van der Waals surface area contributed by atoms with Gasteiger partial charge in [0.2, 0.25) is 12.7 Å². The van der Waals surface area contributed by atoms with Crippen molar-refractivity contribution in [1.82, 2.24) is 9.97 Å². The average molecular weight is 378 g/mol. The second-order valence-corrected chi connectivity index (χ2v) is 5.87. The Kier molecular flexibility index (Phi) is 4.92. The number of nitrogens with one attached hydrogen (secondary N) is 2. The number of carbonyl (C=O) groups is 1. The summed E-state index contributed by atoms with van der Waals surface area (Å²) in [6, 6.07) is 12.7. The molecule has 1 aromatic heterocycles. The molecule has 2 aromatic carbocycles. The molecule has 8 heteroatoms. The third kappa shape index (κ3) is 3.80. The van der Waals surface area contributed by atoms with Crippen LogP contribution in [0.25, 0.3) is 0 Å². The number of amides is 1. The van der Waals surface area contributed by atoms with E-state index >= 15 is 0 Å². The number of aromatic nitrogens is 2. The zero-order valence-electron chi connectivity index (χ0n) is 15.1. The molecule has 0 spiro atoms. The highest BCUT2D eigenvalue weighted by Gasteiger charge is 2.15. The Morgan fingerprint density at radius 3 is 2.71 bits per heavy atom. The first-order valence-corrected chi connectivity index (χ1v) is 8.75. The number of ether oxygens (including phenoxy) is 3. The molecular weight excluding hydrogens is 360 g/mol. The third-order valence-corrected chi connectivity index (χ3v) is 3.98. The molecule has 0 unspecified atom stereocenters. The summed E-state index contributed by atoms with van der Waals surface area (Å²) < 4.78 is 16.1. The van der Waals surface area contributed by atoms with Gasteiger partial charge in [-0.25, -0.2) is 9.97 Å². The molecule has 1 aliphatic heterocycles. The zero-order chi connectivity index (χ0) is 19.3. The lowest BCUT2D eigenvalue weighted by atomic mass is 10.2. The van der Waals surface area contributed by atoms with Crippen LogP contribution in [0.2, 0.25) is 0 Å². The van der Waals surface area contributed by atoms with Crippen molar-refractivity contribution in [3.8, 4) is 17.2 Å². The molecule has 2 heterocycles. The van der Waals surface area contributed by atoms with E-state index in [0.29, 0.717) is 41.1 Å². The molecule has 8 nitrogen and oxygen atoms in total. The summed E-state index contributed by atoms with van der Waals surface area (Å²) in [6.45, 7) is 2.65. The maximum absolute atomic E-state index is 12.4. The summed E-state index contributed by atoms with van der Waals surface area (Å²) in [5.74, 6) is 2.01. The van der Waals surface area contributed by atoms with Crippen molar-refractivity contribution in [2.45, 2.75) is 6.92 Å². The Morgan fingerprint density at radius 2 is 1.89 bits per heavy atom. The number of hydrogen-bond donors (Lipinski definition) is 2. The SMILES string of the molecule is CCOc1ccccc1Nc1ncc(C(=O)Nc2ccc3c(c2)OCO3)cn1. The maximum Gasteiger partial charge on any atom is 0.258 e. The van der Waals surface area contributed by atoms with Gasteiger partial charge < -0.3 is 24.8 Å². The number of nitrogens with zero attached hydrogens (tertiary/aromatic N) is 2. The van der Waals surface area contributed by atoms with Crippen molar-refractivity contribution in [2.75, 3.05) is 24.0 Å². The first-order chi connectivity index (χ1) is 13.7. The molecule has 0 radical (unpaired) electrons. The lowest BCUT2D eigenvalue weighted by molar-refractivity contribution is 0.102. The van der Waals surface area contributed by atoms with Gasteiger partial charge in [0.05, 0.1) is 17.9 Å². The van der Waals surface area contributed by atoms with E-state index in [9.17, 15) is 4.79 Å². The Labute approximate surface area is 161 Å². The van der Waals surface area contributed by atoms with Crippen molar-refractivity contribution >= 4 is 23.2 Å². The van der Waals surface area contributed by atoms with Crippen molar-refractivity contribution in [3.63, 3.8) is 0 Å². The van der Waals surface area contributed by atoms with Crippen molar-refractivity contribution in [3.05, 3.63) is 60.4 Å². The van der Waals surface area contributed by atoms with Crippen LogP contribution in [0.5, 0.6) is 17.2 Å². The largest absolute Gasteiger partial charge is 0.492 e. The summed E-state index contributed by atoms with van der Waals surface area (Å²) in [5.41, 5.74) is 1.69. The average Bonchev–Trinajstić information content (AvgIpc) is 3.18. The first-order valence-electron chi connectivity index (χ1n) is 8.75. The van der Waals surface area contributed by atoms with E-state index in [1.54, 1.807) is 18.2 Å². The summed E-state index contributed by atoms with van der Waals surface area (Å²) in [4.78, 5) is 20.8. The molecule has 0 saturated heterocycles. The fourth-order valence-corrected chi connectivity index (χ4v) is 2.66. The van der Waals surface area contributed by atoms with Gasteiger partial charge in [0.25, 0.3) is 5.91 Å². The number of fused-ring (bicyclic) bond motifs is 1. The monoisotopic (exact) mass is 378 g/mol. The van der Waals surface area contributed by atoms with E-state index in [1.165, 1.54) is 12.4 Å². The van der Waals surface area contributed by atoms with Crippen LogP contribution in [0.15, 0.2) is 54.9 Å². The second-order valence-electron chi connectivity index (χ2n) is 5.87. The molecule has 1 aliphatic rings. The van der Waals surface area contributed by atoms with E-state index < -0.39 is 0 Å². The fraction of sp³-hybridized carbons (Fsp3) is 0.150. The van der Waals surface area contributed by atoms with E-state index in [4.69, 9.17) is 14.2 Å². The van der Waals surface area contributed by atoms with Crippen molar-refractivity contribution in [1.29, 1.82) is 0 Å². The van der Waals surface area contributed by atoms with Gasteiger partial charge in [0.15, 0.2) is 11.5 Å². The van der Waals surface area contributed by atoms with Crippen LogP contribution >= 0.6 is 0 Å².